The Morgan fingerprint density at radius 2 is 2.05 bits per heavy atom. The molecule has 0 aliphatic carbocycles. The molecule has 0 unspecified atom stereocenters. The number of hydrogen-bond acceptors (Lipinski definition) is 4. The molecule has 0 amide bonds. The smallest absolute Gasteiger partial charge is 0.488 e. The molecule has 2 N–H and O–H groups in total. The van der Waals surface area contributed by atoms with E-state index >= 15 is 0 Å². The highest BCUT2D eigenvalue weighted by Crippen LogP contribution is 2.21. The molecule has 0 spiro atoms. The van der Waals surface area contributed by atoms with E-state index in [-0.39, 0.29) is 28.4 Å². The Kier molecular flexibility index (Phi) is 4.96. The summed E-state index contributed by atoms with van der Waals surface area (Å²) in [5.41, 5.74) is 0.642. The molecule has 0 bridgehead atoms. The Bertz CT molecular complexity index is 663. The van der Waals surface area contributed by atoms with Crippen LogP contribution in [0.2, 0.25) is 5.02 Å². The van der Waals surface area contributed by atoms with Crippen molar-refractivity contribution in [2.45, 2.75) is 6.61 Å². The predicted molar refractivity (Wildman–Crippen MR) is 77.4 cm³/mol. The van der Waals surface area contributed by atoms with Gasteiger partial charge in [0, 0.05) is 5.56 Å². The third-order valence-corrected chi connectivity index (χ3v) is 3.25. The van der Waals surface area contributed by atoms with Crippen molar-refractivity contribution in [2.75, 3.05) is 0 Å². The summed E-state index contributed by atoms with van der Waals surface area (Å²) in [6, 6.07) is 8.35. The van der Waals surface area contributed by atoms with Crippen LogP contribution in [-0.2, 0) is 6.61 Å². The summed E-state index contributed by atoms with van der Waals surface area (Å²) in [4.78, 5) is 11.1. The lowest BCUT2D eigenvalue weighted by Crippen LogP contribution is -2.33. The molecule has 0 aliphatic heterocycles. The fourth-order valence-corrected chi connectivity index (χ4v) is 2.05. The van der Waals surface area contributed by atoms with Crippen LogP contribution in [0.3, 0.4) is 0 Å². The van der Waals surface area contributed by atoms with E-state index in [1.165, 1.54) is 30.3 Å². The van der Waals surface area contributed by atoms with Gasteiger partial charge in [0.05, 0.1) is 10.6 Å². The molecule has 21 heavy (non-hydrogen) atoms. The number of rotatable bonds is 5. The second kappa shape index (κ2) is 6.71. The molecule has 0 aromatic heterocycles. The Hall–Kier alpha value is -1.89. The Balaban J connectivity index is 2.24. The van der Waals surface area contributed by atoms with Crippen molar-refractivity contribution in [1.82, 2.24) is 0 Å². The first-order chi connectivity index (χ1) is 10.0. The number of halogens is 2. The molecule has 2 aromatic carbocycles. The van der Waals surface area contributed by atoms with Crippen molar-refractivity contribution < 1.29 is 24.0 Å². The summed E-state index contributed by atoms with van der Waals surface area (Å²) >= 11 is 5.88. The Morgan fingerprint density at radius 3 is 2.67 bits per heavy atom. The molecule has 0 radical (unpaired) electrons. The summed E-state index contributed by atoms with van der Waals surface area (Å²) in [5, 5.41) is 18.6. The Labute approximate surface area is 125 Å². The van der Waals surface area contributed by atoms with Gasteiger partial charge >= 0.3 is 7.12 Å². The number of hydrogen-bond donors (Lipinski definition) is 2. The summed E-state index contributed by atoms with van der Waals surface area (Å²) in [7, 11) is -1.77. The quantitative estimate of drug-likeness (QED) is 0.650. The van der Waals surface area contributed by atoms with Gasteiger partial charge in [-0.15, -0.1) is 0 Å². The molecule has 108 valence electrons. The van der Waals surface area contributed by atoms with E-state index in [0.717, 1.165) is 6.07 Å². The first-order valence-electron chi connectivity index (χ1n) is 6.04. The highest BCUT2D eigenvalue weighted by Gasteiger charge is 2.19. The standard InChI is InChI=1S/C14H11BClFO4/c16-13-6-10(17)5-4-9(13)8-21-14-3-1-2-12(15(19)20)11(14)7-18/h1-7,19-20H,8H2. The van der Waals surface area contributed by atoms with E-state index in [0.29, 0.717) is 11.8 Å². The van der Waals surface area contributed by atoms with E-state index in [4.69, 9.17) is 16.3 Å². The van der Waals surface area contributed by atoms with Crippen LogP contribution in [0, 0.1) is 5.82 Å². The molecule has 0 heterocycles. The predicted octanol–water partition coefficient (Wildman–Crippen LogP) is 1.55. The summed E-state index contributed by atoms with van der Waals surface area (Å²) in [6.45, 7) is 0.0188. The molecule has 2 rings (SSSR count). The van der Waals surface area contributed by atoms with Crippen molar-refractivity contribution >= 4 is 30.5 Å². The third kappa shape index (κ3) is 3.61. The molecule has 7 heteroatoms. The van der Waals surface area contributed by atoms with Crippen LogP contribution in [-0.4, -0.2) is 23.5 Å². The van der Waals surface area contributed by atoms with E-state index in [1.54, 1.807) is 0 Å². The normalized spacial score (nSPS) is 10.3. The van der Waals surface area contributed by atoms with Gasteiger partial charge in [-0.3, -0.25) is 4.79 Å². The molecule has 0 atom stereocenters. The fourth-order valence-electron chi connectivity index (χ4n) is 1.83. The molecule has 2 aromatic rings. The minimum atomic E-state index is -1.77. The molecule has 0 saturated carbocycles. The lowest BCUT2D eigenvalue weighted by Gasteiger charge is -2.12. The Morgan fingerprint density at radius 1 is 1.29 bits per heavy atom. The molecule has 0 fully saturated rings. The summed E-state index contributed by atoms with van der Waals surface area (Å²) < 4.78 is 18.4. The van der Waals surface area contributed by atoms with Gasteiger partial charge in [-0.1, -0.05) is 29.8 Å². The van der Waals surface area contributed by atoms with E-state index in [2.05, 4.69) is 0 Å². The van der Waals surface area contributed by atoms with Crippen LogP contribution >= 0.6 is 11.6 Å². The minimum Gasteiger partial charge on any atom is -0.488 e. The van der Waals surface area contributed by atoms with Crippen LogP contribution in [0.15, 0.2) is 36.4 Å². The van der Waals surface area contributed by atoms with E-state index in [9.17, 15) is 19.2 Å². The average Bonchev–Trinajstić information content (AvgIpc) is 2.45. The van der Waals surface area contributed by atoms with Gasteiger partial charge in [0.15, 0.2) is 6.29 Å². The van der Waals surface area contributed by atoms with Crippen LogP contribution in [0.25, 0.3) is 0 Å². The zero-order chi connectivity index (χ0) is 15.4. The lowest BCUT2D eigenvalue weighted by molar-refractivity contribution is 0.111. The molecule has 0 saturated heterocycles. The molecule has 0 aliphatic rings. The second-order valence-electron chi connectivity index (χ2n) is 4.27. The minimum absolute atomic E-state index is 0.0188. The van der Waals surface area contributed by atoms with Gasteiger partial charge < -0.3 is 14.8 Å². The van der Waals surface area contributed by atoms with Crippen molar-refractivity contribution in [3.05, 3.63) is 58.4 Å². The zero-order valence-corrected chi connectivity index (χ0v) is 11.5. The number of aldehydes is 1. The monoisotopic (exact) mass is 308 g/mol. The van der Waals surface area contributed by atoms with E-state index < -0.39 is 12.9 Å². The topological polar surface area (TPSA) is 66.8 Å². The average molecular weight is 309 g/mol. The number of benzene rings is 2. The van der Waals surface area contributed by atoms with E-state index in [1.807, 2.05) is 0 Å². The third-order valence-electron chi connectivity index (χ3n) is 2.89. The zero-order valence-electron chi connectivity index (χ0n) is 10.8. The largest absolute Gasteiger partial charge is 0.489 e. The number of carbonyl (C=O) groups is 1. The van der Waals surface area contributed by atoms with Crippen LogP contribution < -0.4 is 10.2 Å². The lowest BCUT2D eigenvalue weighted by atomic mass is 9.77. The fraction of sp³-hybridized carbons (Fsp3) is 0.0714. The maximum atomic E-state index is 12.9. The molecule has 4 nitrogen and oxygen atoms in total. The SMILES string of the molecule is O=Cc1c(OCc2ccc(F)cc2Cl)cccc1B(O)O. The van der Waals surface area contributed by atoms with Gasteiger partial charge in [0.25, 0.3) is 0 Å². The van der Waals surface area contributed by atoms with Gasteiger partial charge in [0.1, 0.15) is 18.2 Å². The van der Waals surface area contributed by atoms with Crippen LogP contribution in [0.5, 0.6) is 5.75 Å². The van der Waals surface area contributed by atoms with Gasteiger partial charge in [-0.05, 0) is 23.7 Å². The second-order valence-corrected chi connectivity index (χ2v) is 4.68. The number of ether oxygens (including phenoxy) is 1. The highest BCUT2D eigenvalue weighted by molar-refractivity contribution is 6.60. The number of carbonyl (C=O) groups excluding carboxylic acids is 1. The van der Waals surface area contributed by atoms with Gasteiger partial charge in [0.2, 0.25) is 0 Å². The van der Waals surface area contributed by atoms with Crippen LogP contribution in [0.4, 0.5) is 4.39 Å². The first kappa shape index (κ1) is 15.5. The van der Waals surface area contributed by atoms with Gasteiger partial charge in [-0.25, -0.2) is 4.39 Å². The maximum Gasteiger partial charge on any atom is 0.489 e. The van der Waals surface area contributed by atoms with Gasteiger partial charge in [-0.2, -0.15) is 0 Å². The summed E-state index contributed by atoms with van der Waals surface area (Å²) in [6.07, 6.45) is 0.483. The maximum absolute atomic E-state index is 12.9. The molecular weight excluding hydrogens is 297 g/mol. The summed E-state index contributed by atoms with van der Waals surface area (Å²) in [5.74, 6) is -0.265. The van der Waals surface area contributed by atoms with Crippen LogP contribution in [0.1, 0.15) is 15.9 Å². The van der Waals surface area contributed by atoms with Crippen molar-refractivity contribution in [3.8, 4) is 5.75 Å². The highest BCUT2D eigenvalue weighted by atomic mass is 35.5. The first-order valence-corrected chi connectivity index (χ1v) is 6.41. The van der Waals surface area contributed by atoms with Crippen molar-refractivity contribution in [1.29, 1.82) is 0 Å². The molecular formula is C14H11BClFO4. The van der Waals surface area contributed by atoms with Crippen molar-refractivity contribution in [2.24, 2.45) is 0 Å². The van der Waals surface area contributed by atoms with Crippen molar-refractivity contribution in [3.63, 3.8) is 0 Å².